The van der Waals surface area contributed by atoms with Crippen molar-refractivity contribution in [2.24, 2.45) is 0 Å². The largest absolute Gasteiger partial charge is 0.486 e. The molecular formula is C18H16F2N2O4. The van der Waals surface area contributed by atoms with Crippen molar-refractivity contribution in [2.45, 2.75) is 6.42 Å². The Bertz CT molecular complexity index is 842. The van der Waals surface area contributed by atoms with Crippen molar-refractivity contribution in [3.05, 3.63) is 53.6 Å². The van der Waals surface area contributed by atoms with Crippen LogP contribution < -0.4 is 20.1 Å². The summed E-state index contributed by atoms with van der Waals surface area (Å²) in [4.78, 5) is 23.8. The summed E-state index contributed by atoms with van der Waals surface area (Å²) >= 11 is 0. The van der Waals surface area contributed by atoms with E-state index in [1.165, 1.54) is 0 Å². The van der Waals surface area contributed by atoms with Crippen molar-refractivity contribution in [1.82, 2.24) is 5.32 Å². The van der Waals surface area contributed by atoms with Crippen LogP contribution in [0.2, 0.25) is 0 Å². The van der Waals surface area contributed by atoms with Gasteiger partial charge in [0.05, 0.1) is 5.56 Å². The molecule has 2 aromatic carbocycles. The van der Waals surface area contributed by atoms with Gasteiger partial charge in [-0.05, 0) is 24.3 Å². The van der Waals surface area contributed by atoms with Gasteiger partial charge in [0.15, 0.2) is 11.5 Å². The minimum absolute atomic E-state index is 0.00599. The molecule has 136 valence electrons. The smallest absolute Gasteiger partial charge is 0.254 e. The molecule has 0 atom stereocenters. The summed E-state index contributed by atoms with van der Waals surface area (Å²) in [6.45, 7) is 0.926. The molecule has 0 saturated heterocycles. The van der Waals surface area contributed by atoms with Gasteiger partial charge in [0.2, 0.25) is 5.91 Å². The molecule has 1 aliphatic rings. The highest BCUT2D eigenvalue weighted by atomic mass is 19.1. The molecule has 2 amide bonds. The molecule has 0 radical (unpaired) electrons. The molecule has 8 heteroatoms. The fourth-order valence-corrected chi connectivity index (χ4v) is 2.40. The van der Waals surface area contributed by atoms with E-state index in [1.807, 2.05) is 0 Å². The second kappa shape index (κ2) is 7.81. The maximum atomic E-state index is 13.5. The van der Waals surface area contributed by atoms with Crippen LogP contribution in [0, 0.1) is 11.6 Å². The zero-order chi connectivity index (χ0) is 18.5. The first-order chi connectivity index (χ1) is 12.5. The second-order valence-corrected chi connectivity index (χ2v) is 5.54. The number of carbonyl (C=O) groups excluding carboxylic acids is 2. The molecule has 0 bridgehead atoms. The summed E-state index contributed by atoms with van der Waals surface area (Å²) in [7, 11) is 0. The molecule has 26 heavy (non-hydrogen) atoms. The van der Waals surface area contributed by atoms with Crippen molar-refractivity contribution in [3.63, 3.8) is 0 Å². The number of halogens is 2. The Hall–Kier alpha value is -3.16. The first kappa shape index (κ1) is 17.7. The molecule has 6 nitrogen and oxygen atoms in total. The quantitative estimate of drug-likeness (QED) is 0.857. The van der Waals surface area contributed by atoms with E-state index in [-0.39, 0.29) is 24.4 Å². The van der Waals surface area contributed by atoms with E-state index < -0.39 is 17.5 Å². The van der Waals surface area contributed by atoms with Crippen molar-refractivity contribution < 1.29 is 27.8 Å². The zero-order valence-corrected chi connectivity index (χ0v) is 13.7. The third-order valence-electron chi connectivity index (χ3n) is 3.64. The third kappa shape index (κ3) is 4.27. The van der Waals surface area contributed by atoms with E-state index in [4.69, 9.17) is 9.47 Å². The number of rotatable bonds is 5. The number of fused-ring (bicyclic) bond motifs is 1. The van der Waals surface area contributed by atoms with Crippen LogP contribution in [0.3, 0.4) is 0 Å². The second-order valence-electron chi connectivity index (χ2n) is 5.54. The van der Waals surface area contributed by atoms with E-state index in [2.05, 4.69) is 10.6 Å². The molecule has 0 saturated carbocycles. The Kier molecular flexibility index (Phi) is 5.31. The summed E-state index contributed by atoms with van der Waals surface area (Å²) in [6.07, 6.45) is -0.0109. The maximum absolute atomic E-state index is 13.5. The van der Waals surface area contributed by atoms with Crippen LogP contribution in [0.15, 0.2) is 36.4 Å². The highest BCUT2D eigenvalue weighted by molar-refractivity contribution is 5.95. The van der Waals surface area contributed by atoms with Gasteiger partial charge in [-0.25, -0.2) is 8.78 Å². The summed E-state index contributed by atoms with van der Waals surface area (Å²) in [5.74, 6) is -1.60. The van der Waals surface area contributed by atoms with Crippen LogP contribution in [-0.4, -0.2) is 31.6 Å². The van der Waals surface area contributed by atoms with Gasteiger partial charge in [-0.15, -0.1) is 0 Å². The molecule has 2 aromatic rings. The van der Waals surface area contributed by atoms with Gasteiger partial charge in [-0.1, -0.05) is 0 Å². The Labute approximate surface area is 148 Å². The molecule has 0 fully saturated rings. The highest BCUT2D eigenvalue weighted by Crippen LogP contribution is 2.32. The molecule has 3 rings (SSSR count). The lowest BCUT2D eigenvalue weighted by Gasteiger charge is -2.19. The van der Waals surface area contributed by atoms with E-state index in [0.29, 0.717) is 36.5 Å². The number of nitrogens with one attached hydrogen (secondary N) is 2. The number of carbonyl (C=O) groups is 2. The molecule has 1 heterocycles. The predicted octanol–water partition coefficient (Wildman–Crippen LogP) is 2.49. The van der Waals surface area contributed by atoms with E-state index in [9.17, 15) is 18.4 Å². The summed E-state index contributed by atoms with van der Waals surface area (Å²) in [5.41, 5.74) is 0.258. The van der Waals surface area contributed by atoms with Gasteiger partial charge >= 0.3 is 0 Å². The number of hydrogen-bond acceptors (Lipinski definition) is 4. The molecule has 0 aromatic heterocycles. The molecule has 0 unspecified atom stereocenters. The standard InChI is InChI=1S/C18H16F2N2O4/c19-11-1-3-13(14(20)9-11)18(24)21-6-5-17(23)22-12-2-4-15-16(10-12)26-8-7-25-15/h1-4,9-10H,5-8H2,(H,21,24)(H,22,23). The normalized spacial score (nSPS) is 12.4. The molecule has 2 N–H and O–H groups in total. The lowest BCUT2D eigenvalue weighted by Crippen LogP contribution is -2.28. The first-order valence-corrected chi connectivity index (χ1v) is 7.95. The molecule has 1 aliphatic heterocycles. The van der Waals surface area contributed by atoms with Crippen LogP contribution in [-0.2, 0) is 4.79 Å². The van der Waals surface area contributed by atoms with Crippen LogP contribution >= 0.6 is 0 Å². The van der Waals surface area contributed by atoms with Gasteiger partial charge in [0, 0.05) is 30.8 Å². The number of benzene rings is 2. The van der Waals surface area contributed by atoms with E-state index >= 15 is 0 Å². The van der Waals surface area contributed by atoms with Crippen LogP contribution in [0.25, 0.3) is 0 Å². The number of ether oxygens (including phenoxy) is 2. The van der Waals surface area contributed by atoms with Crippen molar-refractivity contribution in [3.8, 4) is 11.5 Å². The van der Waals surface area contributed by atoms with Gasteiger partial charge in [0.25, 0.3) is 5.91 Å². The van der Waals surface area contributed by atoms with E-state index in [0.717, 1.165) is 12.1 Å². The molecule has 0 aliphatic carbocycles. The van der Waals surface area contributed by atoms with Gasteiger partial charge < -0.3 is 20.1 Å². The van der Waals surface area contributed by atoms with E-state index in [1.54, 1.807) is 18.2 Å². The minimum atomic E-state index is -0.955. The van der Waals surface area contributed by atoms with Crippen LogP contribution in [0.5, 0.6) is 11.5 Å². The Morgan fingerprint density at radius 3 is 2.54 bits per heavy atom. The predicted molar refractivity (Wildman–Crippen MR) is 89.4 cm³/mol. The molecule has 0 spiro atoms. The first-order valence-electron chi connectivity index (χ1n) is 7.95. The van der Waals surface area contributed by atoms with Crippen LogP contribution in [0.4, 0.5) is 14.5 Å². The zero-order valence-electron chi connectivity index (χ0n) is 13.7. The highest BCUT2D eigenvalue weighted by Gasteiger charge is 2.14. The number of anilines is 1. The fraction of sp³-hybridized carbons (Fsp3) is 0.222. The monoisotopic (exact) mass is 362 g/mol. The Morgan fingerprint density at radius 2 is 1.77 bits per heavy atom. The van der Waals surface area contributed by atoms with Gasteiger partial charge in [0.1, 0.15) is 24.8 Å². The topological polar surface area (TPSA) is 76.7 Å². The Balaban J connectivity index is 1.49. The molecular weight excluding hydrogens is 346 g/mol. The fourth-order valence-electron chi connectivity index (χ4n) is 2.40. The van der Waals surface area contributed by atoms with Crippen molar-refractivity contribution in [2.75, 3.05) is 25.1 Å². The summed E-state index contributed by atoms with van der Waals surface area (Å²) in [5, 5.41) is 5.09. The third-order valence-corrected chi connectivity index (χ3v) is 3.64. The average Bonchev–Trinajstić information content (AvgIpc) is 2.61. The SMILES string of the molecule is O=C(CCNC(=O)c1ccc(F)cc1F)Nc1ccc2c(c1)OCCO2. The Morgan fingerprint density at radius 1 is 1.00 bits per heavy atom. The van der Waals surface area contributed by atoms with Gasteiger partial charge in [-0.2, -0.15) is 0 Å². The van der Waals surface area contributed by atoms with Crippen molar-refractivity contribution >= 4 is 17.5 Å². The number of hydrogen-bond donors (Lipinski definition) is 2. The maximum Gasteiger partial charge on any atom is 0.254 e. The van der Waals surface area contributed by atoms with Crippen molar-refractivity contribution in [1.29, 1.82) is 0 Å². The summed E-state index contributed by atoms with van der Waals surface area (Å²) < 4.78 is 37.2. The lowest BCUT2D eigenvalue weighted by atomic mass is 10.2. The van der Waals surface area contributed by atoms with Crippen LogP contribution in [0.1, 0.15) is 16.8 Å². The number of amides is 2. The van der Waals surface area contributed by atoms with Gasteiger partial charge in [-0.3, -0.25) is 9.59 Å². The minimum Gasteiger partial charge on any atom is -0.486 e. The average molecular weight is 362 g/mol. The summed E-state index contributed by atoms with van der Waals surface area (Å²) in [6, 6.07) is 7.70. The lowest BCUT2D eigenvalue weighted by molar-refractivity contribution is -0.116.